The van der Waals surface area contributed by atoms with Crippen LogP contribution < -0.4 is 10.1 Å². The van der Waals surface area contributed by atoms with Crippen LogP contribution in [0.1, 0.15) is 24.2 Å². The average Bonchev–Trinajstić information content (AvgIpc) is 2.43. The molecule has 1 rings (SSSR count). The number of benzene rings is 1. The molecule has 1 aromatic rings. The van der Waals surface area contributed by atoms with Gasteiger partial charge in [-0.15, -0.1) is 0 Å². The Labute approximate surface area is 117 Å². The minimum Gasteiger partial charge on any atom is -0.491 e. The van der Waals surface area contributed by atoms with Crippen molar-refractivity contribution in [1.82, 2.24) is 5.32 Å². The van der Waals surface area contributed by atoms with E-state index in [0.29, 0.717) is 11.3 Å². The zero-order valence-corrected chi connectivity index (χ0v) is 11.8. The van der Waals surface area contributed by atoms with E-state index < -0.39 is 18.0 Å². The van der Waals surface area contributed by atoms with Crippen molar-refractivity contribution in [2.45, 2.75) is 26.1 Å². The molecule has 110 valence electrons. The predicted octanol–water partition coefficient (Wildman–Crippen LogP) is 0.737. The van der Waals surface area contributed by atoms with E-state index in [1.165, 1.54) is 7.11 Å². The number of rotatable bonds is 6. The molecule has 6 nitrogen and oxygen atoms in total. The second-order valence-electron chi connectivity index (χ2n) is 4.44. The number of aliphatic hydroxyl groups is 1. The maximum atomic E-state index is 11.9. The van der Waals surface area contributed by atoms with Crippen LogP contribution in [-0.4, -0.2) is 42.8 Å². The molecule has 1 aromatic carbocycles. The van der Waals surface area contributed by atoms with E-state index in [9.17, 15) is 14.7 Å². The average molecular weight is 281 g/mol. The van der Waals surface area contributed by atoms with E-state index in [-0.39, 0.29) is 12.6 Å². The molecule has 0 heterocycles. The van der Waals surface area contributed by atoms with Gasteiger partial charge in [0.1, 0.15) is 5.75 Å². The normalized spacial score (nSPS) is 11.8. The van der Waals surface area contributed by atoms with Gasteiger partial charge >= 0.3 is 5.97 Å². The molecule has 0 aliphatic heterocycles. The van der Waals surface area contributed by atoms with Gasteiger partial charge in [-0.2, -0.15) is 0 Å². The third-order valence-corrected chi connectivity index (χ3v) is 2.40. The summed E-state index contributed by atoms with van der Waals surface area (Å²) in [5.41, 5.74) is 0.389. The first-order chi connectivity index (χ1) is 9.43. The molecular formula is C14H19NO5. The molecule has 0 aliphatic carbocycles. The highest BCUT2D eigenvalue weighted by atomic mass is 16.5. The molecule has 0 fully saturated rings. The van der Waals surface area contributed by atoms with Crippen molar-refractivity contribution in [3.63, 3.8) is 0 Å². The summed E-state index contributed by atoms with van der Waals surface area (Å²) in [5, 5.41) is 11.8. The molecule has 0 radical (unpaired) electrons. The minimum atomic E-state index is -1.38. The first-order valence-corrected chi connectivity index (χ1v) is 6.25. The van der Waals surface area contributed by atoms with Crippen molar-refractivity contribution in [2.24, 2.45) is 0 Å². The standard InChI is InChI=1S/C14H19NO5/c1-9(2)20-11-6-4-5-10(7-11)13(17)15-8-12(16)14(18)19-3/h4-7,9,12,16H,8H2,1-3H3,(H,15,17). The van der Waals surface area contributed by atoms with Crippen LogP contribution in [0.3, 0.4) is 0 Å². The third kappa shape index (κ3) is 4.89. The quantitative estimate of drug-likeness (QED) is 0.751. The Bertz CT molecular complexity index is 472. The van der Waals surface area contributed by atoms with Gasteiger partial charge in [0.2, 0.25) is 0 Å². The molecule has 0 spiro atoms. The Morgan fingerprint density at radius 1 is 1.35 bits per heavy atom. The van der Waals surface area contributed by atoms with E-state index in [1.54, 1.807) is 24.3 Å². The van der Waals surface area contributed by atoms with Crippen molar-refractivity contribution in [3.05, 3.63) is 29.8 Å². The van der Waals surface area contributed by atoms with Crippen molar-refractivity contribution in [1.29, 1.82) is 0 Å². The van der Waals surface area contributed by atoms with Gasteiger partial charge in [0.15, 0.2) is 6.10 Å². The fourth-order valence-electron chi connectivity index (χ4n) is 1.49. The Hall–Kier alpha value is -2.08. The fraction of sp³-hybridized carbons (Fsp3) is 0.429. The molecule has 0 bridgehead atoms. The Morgan fingerprint density at radius 3 is 2.65 bits per heavy atom. The van der Waals surface area contributed by atoms with Crippen LogP contribution in [0.5, 0.6) is 5.75 Å². The zero-order valence-electron chi connectivity index (χ0n) is 11.8. The van der Waals surface area contributed by atoms with Crippen LogP contribution in [0.4, 0.5) is 0 Å². The highest BCUT2D eigenvalue weighted by Gasteiger charge is 2.16. The number of ether oxygens (including phenoxy) is 2. The monoisotopic (exact) mass is 281 g/mol. The summed E-state index contributed by atoms with van der Waals surface area (Å²) in [6, 6.07) is 6.66. The van der Waals surface area contributed by atoms with Gasteiger partial charge in [0, 0.05) is 5.56 Å². The maximum absolute atomic E-state index is 11.9. The van der Waals surface area contributed by atoms with Crippen LogP contribution in [0.25, 0.3) is 0 Å². The molecule has 1 unspecified atom stereocenters. The third-order valence-electron chi connectivity index (χ3n) is 2.40. The largest absolute Gasteiger partial charge is 0.491 e. The summed E-state index contributed by atoms with van der Waals surface area (Å²) in [5.74, 6) is -0.606. The molecule has 1 atom stereocenters. The smallest absolute Gasteiger partial charge is 0.336 e. The molecule has 6 heteroatoms. The summed E-state index contributed by atoms with van der Waals surface area (Å²) in [6.07, 6.45) is -1.37. The Kier molecular flexibility index (Phi) is 5.99. The van der Waals surface area contributed by atoms with Crippen molar-refractivity contribution < 1.29 is 24.2 Å². The number of hydrogen-bond donors (Lipinski definition) is 2. The lowest BCUT2D eigenvalue weighted by atomic mass is 10.2. The minimum absolute atomic E-state index is 0.00876. The second-order valence-corrected chi connectivity index (χ2v) is 4.44. The van der Waals surface area contributed by atoms with Crippen LogP contribution in [-0.2, 0) is 9.53 Å². The van der Waals surface area contributed by atoms with Gasteiger partial charge in [-0.05, 0) is 32.0 Å². The summed E-state index contributed by atoms with van der Waals surface area (Å²) >= 11 is 0. The molecule has 0 saturated heterocycles. The first kappa shape index (κ1) is 16.0. The van der Waals surface area contributed by atoms with Crippen LogP contribution >= 0.6 is 0 Å². The number of esters is 1. The second kappa shape index (κ2) is 7.49. The molecule has 0 aliphatic rings. The van der Waals surface area contributed by atoms with E-state index in [4.69, 9.17) is 4.74 Å². The van der Waals surface area contributed by atoms with Crippen molar-refractivity contribution in [3.8, 4) is 5.75 Å². The number of nitrogens with one attached hydrogen (secondary N) is 1. The topological polar surface area (TPSA) is 84.9 Å². The fourth-order valence-corrected chi connectivity index (χ4v) is 1.49. The van der Waals surface area contributed by atoms with Crippen molar-refractivity contribution in [2.75, 3.05) is 13.7 Å². The number of carbonyl (C=O) groups excluding carboxylic acids is 2. The van der Waals surface area contributed by atoms with Gasteiger partial charge in [0.25, 0.3) is 5.91 Å². The summed E-state index contributed by atoms with van der Waals surface area (Å²) in [7, 11) is 1.17. The van der Waals surface area contributed by atoms with Gasteiger partial charge in [-0.25, -0.2) is 4.79 Å². The van der Waals surface area contributed by atoms with Gasteiger partial charge in [-0.3, -0.25) is 4.79 Å². The van der Waals surface area contributed by atoms with E-state index in [1.807, 2.05) is 13.8 Å². The molecule has 1 amide bonds. The Balaban J connectivity index is 2.61. The lowest BCUT2D eigenvalue weighted by Crippen LogP contribution is -2.37. The number of hydrogen-bond acceptors (Lipinski definition) is 5. The van der Waals surface area contributed by atoms with E-state index in [2.05, 4.69) is 10.1 Å². The SMILES string of the molecule is COC(=O)C(O)CNC(=O)c1cccc(OC(C)C)c1. The number of aliphatic hydroxyl groups excluding tert-OH is 1. The highest BCUT2D eigenvalue weighted by molar-refractivity contribution is 5.94. The lowest BCUT2D eigenvalue weighted by Gasteiger charge is -2.12. The first-order valence-electron chi connectivity index (χ1n) is 6.25. The number of methoxy groups -OCH3 is 1. The zero-order chi connectivity index (χ0) is 15.1. The molecule has 0 aromatic heterocycles. The van der Waals surface area contributed by atoms with Crippen LogP contribution in [0.2, 0.25) is 0 Å². The van der Waals surface area contributed by atoms with E-state index >= 15 is 0 Å². The number of amides is 1. The number of carbonyl (C=O) groups is 2. The maximum Gasteiger partial charge on any atom is 0.336 e. The van der Waals surface area contributed by atoms with E-state index in [0.717, 1.165) is 0 Å². The molecule has 0 saturated carbocycles. The van der Waals surface area contributed by atoms with Gasteiger partial charge in [-0.1, -0.05) is 6.07 Å². The lowest BCUT2D eigenvalue weighted by molar-refractivity contribution is -0.149. The summed E-state index contributed by atoms with van der Waals surface area (Å²) < 4.78 is 9.84. The highest BCUT2D eigenvalue weighted by Crippen LogP contribution is 2.14. The Morgan fingerprint density at radius 2 is 2.05 bits per heavy atom. The molecule has 20 heavy (non-hydrogen) atoms. The van der Waals surface area contributed by atoms with Crippen LogP contribution in [0, 0.1) is 0 Å². The van der Waals surface area contributed by atoms with Crippen LogP contribution in [0.15, 0.2) is 24.3 Å². The predicted molar refractivity (Wildman–Crippen MR) is 72.6 cm³/mol. The molecule has 2 N–H and O–H groups in total. The summed E-state index contributed by atoms with van der Waals surface area (Å²) in [4.78, 5) is 22.9. The van der Waals surface area contributed by atoms with Gasteiger partial charge in [0.05, 0.1) is 19.8 Å². The van der Waals surface area contributed by atoms with Gasteiger partial charge < -0.3 is 19.9 Å². The molecular weight excluding hydrogens is 262 g/mol. The van der Waals surface area contributed by atoms with Crippen molar-refractivity contribution >= 4 is 11.9 Å². The summed E-state index contributed by atoms with van der Waals surface area (Å²) in [6.45, 7) is 3.57.